The van der Waals surface area contributed by atoms with Crippen LogP contribution in [0.5, 0.6) is 0 Å². The molecule has 0 radical (unpaired) electrons. The monoisotopic (exact) mass is 225 g/mol. The highest BCUT2D eigenvalue weighted by Gasteiger charge is 2.19. The molecular formula is C12H16FNO2. The van der Waals surface area contributed by atoms with Crippen LogP contribution in [0.2, 0.25) is 0 Å². The Morgan fingerprint density at radius 2 is 2.00 bits per heavy atom. The summed E-state index contributed by atoms with van der Waals surface area (Å²) in [4.78, 5) is 10.6. The van der Waals surface area contributed by atoms with Crippen molar-refractivity contribution in [3.8, 4) is 0 Å². The molecule has 0 aliphatic rings. The lowest BCUT2D eigenvalue weighted by atomic mass is 9.92. The van der Waals surface area contributed by atoms with Crippen molar-refractivity contribution in [2.75, 3.05) is 7.05 Å². The molecule has 0 saturated heterocycles. The quantitative estimate of drug-likeness (QED) is 0.807. The summed E-state index contributed by atoms with van der Waals surface area (Å²) in [5, 5.41) is 11.8. The highest BCUT2D eigenvalue weighted by atomic mass is 19.1. The van der Waals surface area contributed by atoms with E-state index >= 15 is 0 Å². The van der Waals surface area contributed by atoms with E-state index in [4.69, 9.17) is 5.11 Å². The zero-order chi connectivity index (χ0) is 12.1. The summed E-state index contributed by atoms with van der Waals surface area (Å²) in [7, 11) is 1.77. The molecule has 1 rings (SSSR count). The molecule has 2 N–H and O–H groups in total. The third kappa shape index (κ3) is 3.31. The SMILES string of the molecule is CNC(c1ccc(F)cc1)C(C)CC(=O)O. The largest absolute Gasteiger partial charge is 0.481 e. The first-order chi connectivity index (χ1) is 7.54. The standard InChI is InChI=1S/C12H16FNO2/c1-8(7-11(15)16)12(14-2)9-3-5-10(13)6-4-9/h3-6,8,12,14H,7H2,1-2H3,(H,15,16). The van der Waals surface area contributed by atoms with Gasteiger partial charge in [0, 0.05) is 12.5 Å². The number of hydrogen-bond acceptors (Lipinski definition) is 2. The molecule has 88 valence electrons. The number of hydrogen-bond donors (Lipinski definition) is 2. The number of benzene rings is 1. The Morgan fingerprint density at radius 3 is 2.44 bits per heavy atom. The molecule has 0 amide bonds. The Bertz CT molecular complexity index is 351. The van der Waals surface area contributed by atoms with Crippen molar-refractivity contribution < 1.29 is 14.3 Å². The second-order valence-electron chi connectivity index (χ2n) is 3.89. The van der Waals surface area contributed by atoms with E-state index in [1.165, 1.54) is 12.1 Å². The molecule has 1 aromatic carbocycles. The molecule has 0 fully saturated rings. The van der Waals surface area contributed by atoms with Gasteiger partial charge in [-0.25, -0.2) is 4.39 Å². The minimum Gasteiger partial charge on any atom is -0.481 e. The van der Waals surface area contributed by atoms with E-state index in [2.05, 4.69) is 5.32 Å². The molecule has 1 aromatic rings. The summed E-state index contributed by atoms with van der Waals surface area (Å²) in [6.07, 6.45) is 0.0862. The van der Waals surface area contributed by atoms with E-state index < -0.39 is 5.97 Å². The average molecular weight is 225 g/mol. The smallest absolute Gasteiger partial charge is 0.303 e. The number of carbonyl (C=O) groups is 1. The van der Waals surface area contributed by atoms with Gasteiger partial charge in [0.15, 0.2) is 0 Å². The third-order valence-corrected chi connectivity index (χ3v) is 2.61. The minimum absolute atomic E-state index is 0.0482. The summed E-state index contributed by atoms with van der Waals surface area (Å²) in [5.41, 5.74) is 0.901. The van der Waals surface area contributed by atoms with E-state index in [1.807, 2.05) is 6.92 Å². The minimum atomic E-state index is -0.824. The molecule has 0 bridgehead atoms. The van der Waals surface area contributed by atoms with Crippen LogP contribution in [0.4, 0.5) is 4.39 Å². The van der Waals surface area contributed by atoms with Crippen LogP contribution in [0.25, 0.3) is 0 Å². The summed E-state index contributed by atoms with van der Waals surface area (Å²) >= 11 is 0. The van der Waals surface area contributed by atoms with Gasteiger partial charge in [-0.05, 0) is 30.7 Å². The van der Waals surface area contributed by atoms with Crippen LogP contribution >= 0.6 is 0 Å². The molecule has 0 spiro atoms. The van der Waals surface area contributed by atoms with Gasteiger partial charge in [0.2, 0.25) is 0 Å². The molecule has 0 saturated carbocycles. The molecule has 3 nitrogen and oxygen atoms in total. The fourth-order valence-corrected chi connectivity index (χ4v) is 1.84. The van der Waals surface area contributed by atoms with E-state index in [-0.39, 0.29) is 24.2 Å². The van der Waals surface area contributed by atoms with Crippen molar-refractivity contribution >= 4 is 5.97 Å². The van der Waals surface area contributed by atoms with Crippen LogP contribution in [0.3, 0.4) is 0 Å². The van der Waals surface area contributed by atoms with Crippen molar-refractivity contribution in [2.45, 2.75) is 19.4 Å². The van der Waals surface area contributed by atoms with Gasteiger partial charge in [-0.1, -0.05) is 19.1 Å². The number of halogens is 1. The van der Waals surface area contributed by atoms with Crippen molar-refractivity contribution in [2.24, 2.45) is 5.92 Å². The van der Waals surface area contributed by atoms with Gasteiger partial charge in [-0.15, -0.1) is 0 Å². The fraction of sp³-hybridized carbons (Fsp3) is 0.417. The second-order valence-corrected chi connectivity index (χ2v) is 3.89. The molecule has 16 heavy (non-hydrogen) atoms. The fourth-order valence-electron chi connectivity index (χ4n) is 1.84. The maximum absolute atomic E-state index is 12.8. The van der Waals surface area contributed by atoms with Crippen LogP contribution < -0.4 is 5.32 Å². The second kappa shape index (κ2) is 5.61. The molecule has 2 unspecified atom stereocenters. The molecule has 0 aromatic heterocycles. The molecule has 0 heterocycles. The lowest BCUT2D eigenvalue weighted by molar-refractivity contribution is -0.138. The first-order valence-electron chi connectivity index (χ1n) is 5.19. The lowest BCUT2D eigenvalue weighted by Gasteiger charge is -2.22. The topological polar surface area (TPSA) is 49.3 Å². The van der Waals surface area contributed by atoms with Gasteiger partial charge in [0.05, 0.1) is 0 Å². The summed E-state index contributed by atoms with van der Waals surface area (Å²) in [6.45, 7) is 1.86. The Labute approximate surface area is 94.3 Å². The first-order valence-corrected chi connectivity index (χ1v) is 5.19. The number of carboxylic acid groups (broad SMARTS) is 1. The normalized spacial score (nSPS) is 14.4. The summed E-state index contributed by atoms with van der Waals surface area (Å²) < 4.78 is 12.8. The molecule has 4 heteroatoms. The predicted octanol–water partition coefficient (Wildman–Crippen LogP) is 2.20. The van der Waals surface area contributed by atoms with Crippen molar-refractivity contribution in [1.82, 2.24) is 5.32 Å². The zero-order valence-electron chi connectivity index (χ0n) is 9.40. The lowest BCUT2D eigenvalue weighted by Crippen LogP contribution is -2.25. The molecule has 0 aliphatic heterocycles. The van der Waals surface area contributed by atoms with Gasteiger partial charge in [0.25, 0.3) is 0 Å². The van der Waals surface area contributed by atoms with Crippen LogP contribution in [-0.2, 0) is 4.79 Å². The third-order valence-electron chi connectivity index (χ3n) is 2.61. The van der Waals surface area contributed by atoms with Crippen molar-refractivity contribution in [3.05, 3.63) is 35.6 Å². The van der Waals surface area contributed by atoms with E-state index in [9.17, 15) is 9.18 Å². The van der Waals surface area contributed by atoms with Gasteiger partial charge in [0.1, 0.15) is 5.82 Å². The Balaban J connectivity index is 2.81. The maximum atomic E-state index is 12.8. The first kappa shape index (κ1) is 12.6. The highest BCUT2D eigenvalue weighted by Crippen LogP contribution is 2.24. The van der Waals surface area contributed by atoms with E-state index in [0.717, 1.165) is 5.56 Å². The maximum Gasteiger partial charge on any atom is 0.303 e. The van der Waals surface area contributed by atoms with Crippen molar-refractivity contribution in [3.63, 3.8) is 0 Å². The van der Waals surface area contributed by atoms with Crippen molar-refractivity contribution in [1.29, 1.82) is 0 Å². The van der Waals surface area contributed by atoms with Crippen LogP contribution in [0.1, 0.15) is 24.9 Å². The van der Waals surface area contributed by atoms with Gasteiger partial charge in [-0.2, -0.15) is 0 Å². The van der Waals surface area contributed by atoms with Crippen LogP contribution in [0.15, 0.2) is 24.3 Å². The Morgan fingerprint density at radius 1 is 1.44 bits per heavy atom. The Hall–Kier alpha value is -1.42. The zero-order valence-corrected chi connectivity index (χ0v) is 9.40. The highest BCUT2D eigenvalue weighted by molar-refractivity contribution is 5.67. The van der Waals surface area contributed by atoms with E-state index in [1.54, 1.807) is 19.2 Å². The van der Waals surface area contributed by atoms with Crippen LogP contribution in [0, 0.1) is 11.7 Å². The summed E-state index contributed by atoms with van der Waals surface area (Å²) in [5.74, 6) is -1.16. The number of nitrogens with one attached hydrogen (secondary N) is 1. The number of carboxylic acids is 1. The van der Waals surface area contributed by atoms with Gasteiger partial charge < -0.3 is 10.4 Å². The van der Waals surface area contributed by atoms with Gasteiger partial charge in [-0.3, -0.25) is 4.79 Å². The van der Waals surface area contributed by atoms with Crippen LogP contribution in [-0.4, -0.2) is 18.1 Å². The van der Waals surface area contributed by atoms with Gasteiger partial charge >= 0.3 is 5.97 Å². The Kier molecular flexibility index (Phi) is 4.43. The average Bonchev–Trinajstić information content (AvgIpc) is 2.21. The van der Waals surface area contributed by atoms with E-state index in [0.29, 0.717) is 0 Å². The summed E-state index contributed by atoms with van der Waals surface area (Å²) in [6, 6.07) is 6.04. The molecular weight excluding hydrogens is 209 g/mol. The molecule has 0 aliphatic carbocycles. The predicted molar refractivity (Wildman–Crippen MR) is 59.6 cm³/mol. The molecule has 2 atom stereocenters. The number of rotatable bonds is 5. The number of aliphatic carboxylic acids is 1.